The summed E-state index contributed by atoms with van der Waals surface area (Å²) in [6.45, 7) is 1.18. The van der Waals surface area contributed by atoms with E-state index in [1.807, 2.05) is 6.07 Å². The Labute approximate surface area is 70.4 Å². The summed E-state index contributed by atoms with van der Waals surface area (Å²) in [7, 11) is 0. The Balaban J connectivity index is 2.38. The highest BCUT2D eigenvalue weighted by molar-refractivity contribution is 5.18. The van der Waals surface area contributed by atoms with Gasteiger partial charge < -0.3 is 14.8 Å². The van der Waals surface area contributed by atoms with Gasteiger partial charge in [-0.15, -0.1) is 0 Å². The molecular formula is C8H10N2O2. The maximum absolute atomic E-state index is 8.45. The third-order valence-electron chi connectivity index (χ3n) is 1.36. The molecule has 0 fully saturated rings. The largest absolute Gasteiger partial charge is 0.449 e. The lowest BCUT2D eigenvalue weighted by atomic mass is 10.4. The molecule has 1 heterocycles. The normalized spacial score (nSPS) is 9.67. The van der Waals surface area contributed by atoms with Crippen molar-refractivity contribution in [1.29, 1.82) is 5.26 Å². The molecular weight excluding hydrogens is 156 g/mol. The molecule has 0 unspecified atom stereocenters. The molecule has 0 aliphatic carbocycles. The van der Waals surface area contributed by atoms with Crippen LogP contribution in [0.4, 0.5) is 0 Å². The van der Waals surface area contributed by atoms with Crippen molar-refractivity contribution < 1.29 is 9.52 Å². The Morgan fingerprint density at radius 1 is 1.58 bits per heavy atom. The monoisotopic (exact) mass is 166 g/mol. The van der Waals surface area contributed by atoms with Crippen LogP contribution < -0.4 is 5.32 Å². The Kier molecular flexibility index (Phi) is 3.33. The molecule has 1 aromatic rings. The van der Waals surface area contributed by atoms with Crippen molar-refractivity contribution in [2.75, 3.05) is 13.2 Å². The van der Waals surface area contributed by atoms with Gasteiger partial charge in [0.25, 0.3) is 0 Å². The van der Waals surface area contributed by atoms with Crippen LogP contribution in [0.1, 0.15) is 11.5 Å². The number of hydrogen-bond acceptors (Lipinski definition) is 4. The van der Waals surface area contributed by atoms with Crippen LogP contribution in [0.3, 0.4) is 0 Å². The highest BCUT2D eigenvalue weighted by Gasteiger charge is 1.98. The van der Waals surface area contributed by atoms with Crippen LogP contribution in [-0.4, -0.2) is 18.3 Å². The zero-order valence-corrected chi connectivity index (χ0v) is 6.58. The molecule has 0 aliphatic rings. The summed E-state index contributed by atoms with van der Waals surface area (Å²) in [5.74, 6) is 1.02. The molecule has 0 bridgehead atoms. The van der Waals surface area contributed by atoms with Gasteiger partial charge >= 0.3 is 0 Å². The number of aliphatic hydroxyl groups excluding tert-OH is 1. The molecule has 0 aliphatic heterocycles. The van der Waals surface area contributed by atoms with Crippen molar-refractivity contribution in [2.24, 2.45) is 0 Å². The van der Waals surface area contributed by atoms with Gasteiger partial charge in [0, 0.05) is 6.54 Å². The molecule has 0 spiro atoms. The van der Waals surface area contributed by atoms with E-state index in [2.05, 4.69) is 5.32 Å². The van der Waals surface area contributed by atoms with E-state index < -0.39 is 0 Å². The first kappa shape index (κ1) is 8.78. The van der Waals surface area contributed by atoms with Gasteiger partial charge in [-0.05, 0) is 12.1 Å². The number of rotatable bonds is 4. The number of nitriles is 1. The molecule has 12 heavy (non-hydrogen) atoms. The smallest absolute Gasteiger partial charge is 0.203 e. The van der Waals surface area contributed by atoms with Gasteiger partial charge in [0.05, 0.1) is 13.2 Å². The minimum absolute atomic E-state index is 0.103. The van der Waals surface area contributed by atoms with Crippen molar-refractivity contribution in [3.8, 4) is 6.07 Å². The summed E-state index contributed by atoms with van der Waals surface area (Å²) in [4.78, 5) is 0. The van der Waals surface area contributed by atoms with Crippen molar-refractivity contribution in [2.45, 2.75) is 6.54 Å². The average Bonchev–Trinajstić information content (AvgIpc) is 2.53. The van der Waals surface area contributed by atoms with Gasteiger partial charge in [-0.1, -0.05) is 0 Å². The maximum atomic E-state index is 8.45. The standard InChI is InChI=1S/C8H10N2O2/c9-5-7-1-2-8(12-7)6-10-3-4-11/h1-2,10-11H,3-4,6H2. The Morgan fingerprint density at radius 3 is 3.00 bits per heavy atom. The van der Waals surface area contributed by atoms with Crippen molar-refractivity contribution in [3.63, 3.8) is 0 Å². The second-order valence-electron chi connectivity index (χ2n) is 2.28. The van der Waals surface area contributed by atoms with E-state index in [0.29, 0.717) is 24.6 Å². The lowest BCUT2D eigenvalue weighted by Gasteiger charge is -1.97. The van der Waals surface area contributed by atoms with Gasteiger partial charge in [-0.2, -0.15) is 5.26 Å². The number of nitrogens with one attached hydrogen (secondary N) is 1. The Hall–Kier alpha value is -1.31. The highest BCUT2D eigenvalue weighted by Crippen LogP contribution is 2.05. The zero-order chi connectivity index (χ0) is 8.81. The molecule has 0 saturated heterocycles. The minimum Gasteiger partial charge on any atom is -0.449 e. The summed E-state index contributed by atoms with van der Waals surface area (Å²) in [6.07, 6.45) is 0. The van der Waals surface area contributed by atoms with Crippen molar-refractivity contribution >= 4 is 0 Å². The molecule has 0 aromatic carbocycles. The van der Waals surface area contributed by atoms with Crippen LogP contribution in [0.15, 0.2) is 16.5 Å². The molecule has 0 radical (unpaired) electrons. The summed E-state index contributed by atoms with van der Waals surface area (Å²) in [5.41, 5.74) is 0. The van der Waals surface area contributed by atoms with Crippen LogP contribution in [-0.2, 0) is 6.54 Å². The van der Waals surface area contributed by atoms with Crippen LogP contribution in [0.5, 0.6) is 0 Å². The van der Waals surface area contributed by atoms with Crippen LogP contribution in [0, 0.1) is 11.3 Å². The van der Waals surface area contributed by atoms with Crippen LogP contribution in [0.2, 0.25) is 0 Å². The zero-order valence-electron chi connectivity index (χ0n) is 6.58. The summed E-state index contributed by atoms with van der Waals surface area (Å²) in [6, 6.07) is 5.25. The van der Waals surface area contributed by atoms with Gasteiger partial charge in [-0.25, -0.2) is 0 Å². The fourth-order valence-electron chi connectivity index (χ4n) is 0.824. The van der Waals surface area contributed by atoms with Gasteiger partial charge in [0.15, 0.2) is 0 Å². The molecule has 0 atom stereocenters. The van der Waals surface area contributed by atoms with E-state index in [4.69, 9.17) is 14.8 Å². The van der Waals surface area contributed by atoms with Crippen molar-refractivity contribution in [3.05, 3.63) is 23.7 Å². The highest BCUT2D eigenvalue weighted by atomic mass is 16.3. The minimum atomic E-state index is 0.103. The average molecular weight is 166 g/mol. The third kappa shape index (κ3) is 2.38. The predicted octanol–water partition coefficient (Wildman–Crippen LogP) is 0.233. The van der Waals surface area contributed by atoms with Crippen molar-refractivity contribution in [1.82, 2.24) is 5.32 Å². The van der Waals surface area contributed by atoms with E-state index in [-0.39, 0.29) is 6.61 Å². The predicted molar refractivity (Wildman–Crippen MR) is 42.2 cm³/mol. The first-order chi connectivity index (χ1) is 5.86. The number of nitrogens with zero attached hydrogens (tertiary/aromatic N) is 1. The summed E-state index contributed by atoms with van der Waals surface area (Å²) >= 11 is 0. The van der Waals surface area contributed by atoms with Crippen LogP contribution in [0.25, 0.3) is 0 Å². The Bertz CT molecular complexity index is 275. The van der Waals surface area contributed by atoms with E-state index >= 15 is 0 Å². The Morgan fingerprint density at radius 2 is 2.42 bits per heavy atom. The first-order valence-corrected chi connectivity index (χ1v) is 3.67. The molecule has 64 valence electrons. The first-order valence-electron chi connectivity index (χ1n) is 3.67. The number of aliphatic hydroxyl groups is 1. The van der Waals surface area contributed by atoms with Crippen LogP contribution >= 0.6 is 0 Å². The SMILES string of the molecule is N#Cc1ccc(CNCCO)o1. The fraction of sp³-hybridized carbons (Fsp3) is 0.375. The third-order valence-corrected chi connectivity index (χ3v) is 1.36. The molecule has 4 nitrogen and oxygen atoms in total. The van der Waals surface area contributed by atoms with E-state index in [0.717, 1.165) is 0 Å². The quantitative estimate of drug-likeness (QED) is 0.628. The molecule has 0 saturated carbocycles. The van der Waals surface area contributed by atoms with E-state index in [1.54, 1.807) is 12.1 Å². The number of hydrogen-bond donors (Lipinski definition) is 2. The van der Waals surface area contributed by atoms with Gasteiger partial charge in [0.2, 0.25) is 5.76 Å². The lowest BCUT2D eigenvalue weighted by molar-refractivity contribution is 0.289. The molecule has 2 N–H and O–H groups in total. The maximum Gasteiger partial charge on any atom is 0.203 e. The second kappa shape index (κ2) is 4.54. The molecule has 4 heteroatoms. The van der Waals surface area contributed by atoms with E-state index in [1.165, 1.54) is 0 Å². The lowest BCUT2D eigenvalue weighted by Crippen LogP contribution is -2.16. The van der Waals surface area contributed by atoms with Gasteiger partial charge in [-0.3, -0.25) is 0 Å². The second-order valence-corrected chi connectivity index (χ2v) is 2.28. The molecule has 1 aromatic heterocycles. The topological polar surface area (TPSA) is 69.2 Å². The van der Waals surface area contributed by atoms with E-state index in [9.17, 15) is 0 Å². The summed E-state index contributed by atoms with van der Waals surface area (Å²) in [5, 5.41) is 19.8. The fourth-order valence-corrected chi connectivity index (χ4v) is 0.824. The van der Waals surface area contributed by atoms with Gasteiger partial charge in [0.1, 0.15) is 11.8 Å². The number of furan rings is 1. The molecule has 1 rings (SSSR count). The molecule has 0 amide bonds. The summed E-state index contributed by atoms with van der Waals surface area (Å²) < 4.78 is 5.07.